The third-order valence-corrected chi connectivity index (χ3v) is 4.81. The number of nitrogens with one attached hydrogen (secondary N) is 1. The molecule has 2 rings (SSSR count). The smallest absolute Gasteiger partial charge is 0.261 e. The molecule has 0 aliphatic rings. The van der Waals surface area contributed by atoms with E-state index < -0.39 is 10.0 Å². The van der Waals surface area contributed by atoms with Crippen LogP contribution in [0.25, 0.3) is 0 Å². The summed E-state index contributed by atoms with van der Waals surface area (Å²) in [6.45, 7) is 0. The molecular weight excluding hydrogens is 358 g/mol. The molecule has 0 radical (unpaired) electrons. The fraction of sp³-hybridized carbons (Fsp3) is 0.143. The summed E-state index contributed by atoms with van der Waals surface area (Å²) in [6, 6.07) is 11.3. The molecular formula is C14H14BrNO4S. The molecule has 0 aromatic heterocycles. The van der Waals surface area contributed by atoms with Gasteiger partial charge >= 0.3 is 0 Å². The molecule has 0 unspecified atom stereocenters. The van der Waals surface area contributed by atoms with E-state index in [2.05, 4.69) is 20.7 Å². The van der Waals surface area contributed by atoms with Crippen LogP contribution in [0.15, 0.2) is 51.8 Å². The van der Waals surface area contributed by atoms with Gasteiger partial charge in [-0.2, -0.15) is 0 Å². The zero-order valence-electron chi connectivity index (χ0n) is 11.5. The molecule has 0 bridgehead atoms. The summed E-state index contributed by atoms with van der Waals surface area (Å²) < 4.78 is 38.0. The first-order valence-electron chi connectivity index (χ1n) is 5.97. The zero-order chi connectivity index (χ0) is 15.5. The van der Waals surface area contributed by atoms with Crippen LogP contribution in [0.4, 0.5) is 5.69 Å². The van der Waals surface area contributed by atoms with Crippen LogP contribution in [0, 0.1) is 0 Å². The van der Waals surface area contributed by atoms with E-state index in [1.807, 2.05) is 0 Å². The van der Waals surface area contributed by atoms with Gasteiger partial charge in [0.25, 0.3) is 10.0 Å². The maximum Gasteiger partial charge on any atom is 0.261 e. The van der Waals surface area contributed by atoms with Gasteiger partial charge in [-0.05, 0) is 28.1 Å². The normalized spacial score (nSPS) is 11.0. The summed E-state index contributed by atoms with van der Waals surface area (Å²) >= 11 is 3.31. The fourth-order valence-corrected chi connectivity index (χ4v) is 3.38. The molecule has 1 N–H and O–H groups in total. The Labute approximate surface area is 132 Å². The Morgan fingerprint density at radius 3 is 2.14 bits per heavy atom. The maximum absolute atomic E-state index is 12.3. The number of halogens is 1. The second kappa shape index (κ2) is 6.36. The van der Waals surface area contributed by atoms with Crippen molar-refractivity contribution < 1.29 is 17.9 Å². The largest absolute Gasteiger partial charge is 0.493 e. The molecule has 0 amide bonds. The molecule has 0 heterocycles. The van der Waals surface area contributed by atoms with Gasteiger partial charge in [-0.15, -0.1) is 0 Å². The molecule has 21 heavy (non-hydrogen) atoms. The Kier molecular flexibility index (Phi) is 4.74. The minimum atomic E-state index is -3.66. The van der Waals surface area contributed by atoms with Crippen molar-refractivity contribution >= 4 is 31.6 Å². The van der Waals surface area contributed by atoms with Gasteiger partial charge in [0.15, 0.2) is 11.5 Å². The number of sulfonamides is 1. The molecule has 2 aromatic carbocycles. The number of methoxy groups -OCH3 is 2. The highest BCUT2D eigenvalue weighted by atomic mass is 79.9. The average Bonchev–Trinajstić information content (AvgIpc) is 2.49. The van der Waals surface area contributed by atoms with Gasteiger partial charge in [0.2, 0.25) is 0 Å². The number of hydrogen-bond acceptors (Lipinski definition) is 4. The second-order valence-corrected chi connectivity index (χ2v) is 6.64. The Hall–Kier alpha value is -1.73. The van der Waals surface area contributed by atoms with Crippen LogP contribution in [0.2, 0.25) is 0 Å². The van der Waals surface area contributed by atoms with E-state index in [1.54, 1.807) is 30.3 Å². The van der Waals surface area contributed by atoms with Crippen LogP contribution in [0.5, 0.6) is 11.5 Å². The van der Waals surface area contributed by atoms with Crippen molar-refractivity contribution in [1.82, 2.24) is 0 Å². The minimum Gasteiger partial charge on any atom is -0.493 e. The molecule has 0 saturated carbocycles. The van der Waals surface area contributed by atoms with Crippen molar-refractivity contribution in [2.24, 2.45) is 0 Å². The highest BCUT2D eigenvalue weighted by molar-refractivity contribution is 9.10. The summed E-state index contributed by atoms with van der Waals surface area (Å²) in [5.74, 6) is 0.943. The summed E-state index contributed by atoms with van der Waals surface area (Å²) in [4.78, 5) is 0.187. The minimum absolute atomic E-state index is 0.187. The van der Waals surface area contributed by atoms with Gasteiger partial charge in [0.1, 0.15) is 0 Å². The van der Waals surface area contributed by atoms with E-state index in [0.717, 1.165) is 0 Å². The lowest BCUT2D eigenvalue weighted by atomic mass is 10.3. The Balaban J connectivity index is 2.40. The summed E-state index contributed by atoms with van der Waals surface area (Å²) in [5, 5.41) is 0. The van der Waals surface area contributed by atoms with Gasteiger partial charge in [0, 0.05) is 16.6 Å². The first-order valence-corrected chi connectivity index (χ1v) is 8.25. The van der Waals surface area contributed by atoms with Gasteiger partial charge in [-0.3, -0.25) is 4.72 Å². The number of hydrogen-bond donors (Lipinski definition) is 1. The maximum atomic E-state index is 12.3. The molecule has 2 aromatic rings. The lowest BCUT2D eigenvalue weighted by Crippen LogP contribution is -2.13. The second-order valence-electron chi connectivity index (χ2n) is 4.11. The molecule has 0 spiro atoms. The number of anilines is 1. The Morgan fingerprint density at radius 2 is 1.57 bits per heavy atom. The quantitative estimate of drug-likeness (QED) is 0.875. The van der Waals surface area contributed by atoms with E-state index in [1.165, 1.54) is 26.4 Å². The fourth-order valence-electron chi connectivity index (χ4n) is 1.74. The zero-order valence-corrected chi connectivity index (χ0v) is 13.9. The standard InChI is InChI=1S/C14H14BrNO4S/c1-19-13-8-11(15)12(9-14(13)20-2)16-21(17,18)10-6-4-3-5-7-10/h3-9,16H,1-2H3. The predicted octanol–water partition coefficient (Wildman–Crippen LogP) is 3.27. The van der Waals surface area contributed by atoms with Crippen molar-refractivity contribution in [3.8, 4) is 11.5 Å². The number of rotatable bonds is 5. The van der Waals surface area contributed by atoms with Gasteiger partial charge in [0.05, 0.1) is 24.8 Å². The van der Waals surface area contributed by atoms with Crippen molar-refractivity contribution in [1.29, 1.82) is 0 Å². The van der Waals surface area contributed by atoms with Crippen LogP contribution in [0.3, 0.4) is 0 Å². The topological polar surface area (TPSA) is 64.6 Å². The molecule has 0 fully saturated rings. The van der Waals surface area contributed by atoms with Gasteiger partial charge < -0.3 is 9.47 Å². The third-order valence-electron chi connectivity index (χ3n) is 2.77. The van der Waals surface area contributed by atoms with Crippen LogP contribution >= 0.6 is 15.9 Å². The van der Waals surface area contributed by atoms with Crippen molar-refractivity contribution in [2.75, 3.05) is 18.9 Å². The molecule has 0 atom stereocenters. The van der Waals surface area contributed by atoms with Gasteiger partial charge in [-0.25, -0.2) is 8.42 Å². The molecule has 0 aliphatic carbocycles. The first-order chi connectivity index (χ1) is 9.97. The van der Waals surface area contributed by atoms with Crippen molar-refractivity contribution in [2.45, 2.75) is 4.90 Å². The monoisotopic (exact) mass is 371 g/mol. The summed E-state index contributed by atoms with van der Waals surface area (Å²) in [6.07, 6.45) is 0. The van der Waals surface area contributed by atoms with Crippen molar-refractivity contribution in [3.63, 3.8) is 0 Å². The number of benzene rings is 2. The Bertz CT molecular complexity index is 732. The van der Waals surface area contributed by atoms with Crippen LogP contribution in [-0.4, -0.2) is 22.6 Å². The van der Waals surface area contributed by atoms with E-state index in [9.17, 15) is 8.42 Å². The van der Waals surface area contributed by atoms with E-state index in [0.29, 0.717) is 21.7 Å². The molecule has 5 nitrogen and oxygen atoms in total. The SMILES string of the molecule is COc1cc(Br)c(NS(=O)(=O)c2ccccc2)cc1OC. The van der Waals surface area contributed by atoms with E-state index in [-0.39, 0.29) is 4.90 Å². The average molecular weight is 372 g/mol. The Morgan fingerprint density at radius 1 is 1.00 bits per heavy atom. The van der Waals surface area contributed by atoms with Crippen molar-refractivity contribution in [3.05, 3.63) is 46.9 Å². The highest BCUT2D eigenvalue weighted by Crippen LogP contribution is 2.37. The van der Waals surface area contributed by atoms with E-state index >= 15 is 0 Å². The number of ether oxygens (including phenoxy) is 2. The van der Waals surface area contributed by atoms with Crippen LogP contribution < -0.4 is 14.2 Å². The summed E-state index contributed by atoms with van der Waals surface area (Å²) in [5.41, 5.74) is 0.372. The third kappa shape index (κ3) is 3.48. The lowest BCUT2D eigenvalue weighted by molar-refractivity contribution is 0.355. The molecule has 112 valence electrons. The van der Waals surface area contributed by atoms with E-state index in [4.69, 9.17) is 9.47 Å². The predicted molar refractivity (Wildman–Crippen MR) is 84.5 cm³/mol. The first kappa shape index (κ1) is 15.7. The molecule has 0 saturated heterocycles. The molecule has 0 aliphatic heterocycles. The molecule has 7 heteroatoms. The lowest BCUT2D eigenvalue weighted by Gasteiger charge is -2.13. The van der Waals surface area contributed by atoms with Gasteiger partial charge in [-0.1, -0.05) is 18.2 Å². The highest BCUT2D eigenvalue weighted by Gasteiger charge is 2.17. The van der Waals surface area contributed by atoms with Crippen LogP contribution in [0.1, 0.15) is 0 Å². The summed E-state index contributed by atoms with van der Waals surface area (Å²) in [7, 11) is -0.657. The van der Waals surface area contributed by atoms with Crippen LogP contribution in [-0.2, 0) is 10.0 Å².